The van der Waals surface area contributed by atoms with E-state index in [1.54, 1.807) is 17.9 Å². The number of hydrogen-bond acceptors (Lipinski definition) is 4. The molecule has 0 unspecified atom stereocenters. The number of carbonyl (C=O) groups is 1. The van der Waals surface area contributed by atoms with Crippen molar-refractivity contribution in [3.63, 3.8) is 0 Å². The Hall–Kier alpha value is -2.21. The van der Waals surface area contributed by atoms with Gasteiger partial charge in [-0.05, 0) is 43.5 Å². The molecule has 1 saturated heterocycles. The second kappa shape index (κ2) is 6.59. The van der Waals surface area contributed by atoms with Gasteiger partial charge in [-0.3, -0.25) is 4.79 Å². The molecule has 2 aromatic rings. The third-order valence-corrected chi connectivity index (χ3v) is 5.01. The Morgan fingerprint density at radius 3 is 2.88 bits per heavy atom. The van der Waals surface area contributed by atoms with Crippen molar-refractivity contribution in [3.8, 4) is 0 Å². The van der Waals surface area contributed by atoms with E-state index >= 15 is 0 Å². The first-order valence-electron chi connectivity index (χ1n) is 8.73. The van der Waals surface area contributed by atoms with Crippen molar-refractivity contribution < 1.29 is 18.3 Å². The molecule has 0 atom stereocenters. The van der Waals surface area contributed by atoms with Gasteiger partial charge in [0, 0.05) is 37.7 Å². The van der Waals surface area contributed by atoms with E-state index in [1.165, 1.54) is 12.1 Å². The molecule has 0 aliphatic carbocycles. The number of fused-ring (bicyclic) bond motifs is 1. The normalized spacial score (nSPS) is 18.2. The topological polar surface area (TPSA) is 55.6 Å². The van der Waals surface area contributed by atoms with Gasteiger partial charge < -0.3 is 14.1 Å². The van der Waals surface area contributed by atoms with Gasteiger partial charge in [-0.1, -0.05) is 0 Å². The molecule has 0 radical (unpaired) electrons. The summed E-state index contributed by atoms with van der Waals surface area (Å²) in [7, 11) is 0. The first kappa shape index (κ1) is 16.3. The third kappa shape index (κ3) is 3.18. The van der Waals surface area contributed by atoms with Gasteiger partial charge in [-0.15, -0.1) is 0 Å². The molecule has 6 heteroatoms. The second-order valence-electron chi connectivity index (χ2n) is 6.75. The predicted octanol–water partition coefficient (Wildman–Crippen LogP) is 3.21. The minimum atomic E-state index is -0.296. The Bertz CT molecular complexity index is 796. The van der Waals surface area contributed by atoms with Crippen molar-refractivity contribution in [1.82, 2.24) is 9.88 Å². The molecule has 0 N–H and O–H groups in total. The first-order chi connectivity index (χ1) is 12.1. The fraction of sp³-hybridized carbons (Fsp3) is 0.474. The van der Waals surface area contributed by atoms with Gasteiger partial charge >= 0.3 is 0 Å². The average Bonchev–Trinajstić information content (AvgIpc) is 3.07. The highest BCUT2D eigenvalue weighted by Crippen LogP contribution is 2.30. The Kier molecular flexibility index (Phi) is 4.29. The first-order valence-corrected chi connectivity index (χ1v) is 8.73. The van der Waals surface area contributed by atoms with Crippen LogP contribution in [0.15, 0.2) is 22.6 Å². The van der Waals surface area contributed by atoms with Crippen LogP contribution in [0.1, 0.15) is 52.0 Å². The zero-order valence-electron chi connectivity index (χ0n) is 14.3. The zero-order chi connectivity index (χ0) is 17.4. The van der Waals surface area contributed by atoms with Crippen LogP contribution in [0.4, 0.5) is 4.39 Å². The van der Waals surface area contributed by atoms with Gasteiger partial charge in [0.05, 0.1) is 6.54 Å². The lowest BCUT2D eigenvalue weighted by Crippen LogP contribution is -2.35. The van der Waals surface area contributed by atoms with Crippen LogP contribution in [0.3, 0.4) is 0 Å². The molecule has 5 nitrogen and oxygen atoms in total. The van der Waals surface area contributed by atoms with Crippen LogP contribution in [0.2, 0.25) is 0 Å². The van der Waals surface area contributed by atoms with Gasteiger partial charge in [0.2, 0.25) is 0 Å². The minimum Gasteiger partial charge on any atom is -0.445 e. The van der Waals surface area contributed by atoms with E-state index in [9.17, 15) is 9.18 Å². The molecule has 0 saturated carbocycles. The highest BCUT2D eigenvalue weighted by molar-refractivity contribution is 5.94. The average molecular weight is 344 g/mol. The number of oxazole rings is 1. The lowest BCUT2D eigenvalue weighted by atomic mass is 10.0. The number of benzene rings is 1. The van der Waals surface area contributed by atoms with Crippen LogP contribution in [0.25, 0.3) is 0 Å². The summed E-state index contributed by atoms with van der Waals surface area (Å²) in [5, 5.41) is 0. The molecule has 0 spiro atoms. The summed E-state index contributed by atoms with van der Waals surface area (Å²) in [5.41, 5.74) is 1.84. The second-order valence-corrected chi connectivity index (χ2v) is 6.75. The van der Waals surface area contributed by atoms with Crippen LogP contribution < -0.4 is 0 Å². The largest absolute Gasteiger partial charge is 0.445 e. The molecule has 3 heterocycles. The number of halogens is 1. The van der Waals surface area contributed by atoms with Crippen molar-refractivity contribution in [2.24, 2.45) is 0 Å². The van der Waals surface area contributed by atoms with Crippen molar-refractivity contribution >= 4 is 5.91 Å². The zero-order valence-corrected chi connectivity index (χ0v) is 14.3. The summed E-state index contributed by atoms with van der Waals surface area (Å²) in [6, 6.07) is 4.48. The number of ether oxygens (including phenoxy) is 1. The highest BCUT2D eigenvalue weighted by atomic mass is 19.1. The van der Waals surface area contributed by atoms with Crippen LogP contribution in [-0.2, 0) is 17.7 Å². The third-order valence-electron chi connectivity index (χ3n) is 5.01. The number of rotatable bonds is 2. The smallest absolute Gasteiger partial charge is 0.254 e. The van der Waals surface area contributed by atoms with Crippen LogP contribution in [-0.4, -0.2) is 35.5 Å². The van der Waals surface area contributed by atoms with Crippen LogP contribution in [0.5, 0.6) is 0 Å². The van der Waals surface area contributed by atoms with Crippen molar-refractivity contribution in [3.05, 3.63) is 52.5 Å². The quantitative estimate of drug-likeness (QED) is 0.839. The molecule has 1 aromatic carbocycles. The molecule has 2 aliphatic rings. The number of aromatic nitrogens is 1. The SMILES string of the molecule is Cc1cc(C(=O)N2CCc3oc(C4CCOCC4)nc3C2)ccc1F. The molecule has 25 heavy (non-hydrogen) atoms. The Morgan fingerprint density at radius 1 is 1.32 bits per heavy atom. The molecule has 1 aromatic heterocycles. The van der Waals surface area contributed by atoms with Gasteiger partial charge in [-0.25, -0.2) is 9.37 Å². The Morgan fingerprint density at radius 2 is 2.12 bits per heavy atom. The van der Waals surface area contributed by atoms with Crippen LogP contribution in [0, 0.1) is 12.7 Å². The molecular weight excluding hydrogens is 323 g/mol. The van der Waals surface area contributed by atoms with E-state index in [1.807, 2.05) is 0 Å². The lowest BCUT2D eigenvalue weighted by Gasteiger charge is -2.25. The summed E-state index contributed by atoms with van der Waals surface area (Å²) in [5.74, 6) is 1.59. The van der Waals surface area contributed by atoms with E-state index < -0.39 is 0 Å². The molecule has 1 amide bonds. The van der Waals surface area contributed by atoms with E-state index in [-0.39, 0.29) is 11.7 Å². The number of amides is 1. The van der Waals surface area contributed by atoms with Gasteiger partial charge in [0.1, 0.15) is 17.3 Å². The van der Waals surface area contributed by atoms with Crippen molar-refractivity contribution in [1.29, 1.82) is 0 Å². The molecular formula is C19H21FN2O3. The Balaban J connectivity index is 1.51. The molecule has 132 valence electrons. The standard InChI is InChI=1S/C19H21FN2O3/c1-12-10-14(2-3-15(12)20)19(23)22-7-4-17-16(11-22)21-18(25-17)13-5-8-24-9-6-13/h2-3,10,13H,4-9,11H2,1H3. The fourth-order valence-corrected chi connectivity index (χ4v) is 3.47. The molecule has 4 rings (SSSR count). The van der Waals surface area contributed by atoms with Gasteiger partial charge in [-0.2, -0.15) is 0 Å². The minimum absolute atomic E-state index is 0.0932. The number of nitrogens with zero attached hydrogens (tertiary/aromatic N) is 2. The maximum absolute atomic E-state index is 13.4. The maximum Gasteiger partial charge on any atom is 0.254 e. The summed E-state index contributed by atoms with van der Waals surface area (Å²) in [6.07, 6.45) is 2.52. The van der Waals surface area contributed by atoms with Gasteiger partial charge in [0.25, 0.3) is 5.91 Å². The van der Waals surface area contributed by atoms with Crippen molar-refractivity contribution in [2.75, 3.05) is 19.8 Å². The summed E-state index contributed by atoms with van der Waals surface area (Å²) in [6.45, 7) is 4.18. The number of carbonyl (C=O) groups excluding carboxylic acids is 1. The molecule has 1 fully saturated rings. The maximum atomic E-state index is 13.4. The summed E-state index contributed by atoms with van der Waals surface area (Å²) >= 11 is 0. The molecule has 2 aliphatic heterocycles. The van der Waals surface area contributed by atoms with Crippen molar-refractivity contribution in [2.45, 2.75) is 38.6 Å². The summed E-state index contributed by atoms with van der Waals surface area (Å²) in [4.78, 5) is 19.1. The molecule has 0 bridgehead atoms. The van der Waals surface area contributed by atoms with E-state index in [4.69, 9.17) is 9.15 Å². The fourth-order valence-electron chi connectivity index (χ4n) is 3.47. The number of hydrogen-bond donors (Lipinski definition) is 0. The van der Waals surface area contributed by atoms with E-state index in [2.05, 4.69) is 4.98 Å². The number of aryl methyl sites for hydroxylation is 1. The van der Waals surface area contributed by atoms with E-state index in [0.717, 1.165) is 43.4 Å². The highest BCUT2D eigenvalue weighted by Gasteiger charge is 2.29. The predicted molar refractivity (Wildman–Crippen MR) is 88.9 cm³/mol. The lowest BCUT2D eigenvalue weighted by molar-refractivity contribution is 0.0725. The van der Waals surface area contributed by atoms with E-state index in [0.29, 0.717) is 36.6 Å². The van der Waals surface area contributed by atoms with Gasteiger partial charge in [0.15, 0.2) is 5.89 Å². The Labute approximate surface area is 145 Å². The monoisotopic (exact) mass is 344 g/mol. The summed E-state index contributed by atoms with van der Waals surface area (Å²) < 4.78 is 24.8. The van der Waals surface area contributed by atoms with Crippen LogP contribution >= 0.6 is 0 Å².